The van der Waals surface area contributed by atoms with E-state index in [9.17, 15) is 4.79 Å². The van der Waals surface area contributed by atoms with Crippen LogP contribution in [0.3, 0.4) is 0 Å². The fourth-order valence-electron chi connectivity index (χ4n) is 2.38. The van der Waals surface area contributed by atoms with Crippen LogP contribution >= 0.6 is 0 Å². The summed E-state index contributed by atoms with van der Waals surface area (Å²) in [5.74, 6) is -0.714. The van der Waals surface area contributed by atoms with E-state index in [0.717, 1.165) is 6.42 Å². The molecule has 0 fully saturated rings. The van der Waals surface area contributed by atoms with Crippen molar-refractivity contribution < 1.29 is 9.90 Å². The Balaban J connectivity index is 2.33. The van der Waals surface area contributed by atoms with E-state index in [2.05, 4.69) is 25.1 Å². The van der Waals surface area contributed by atoms with Crippen molar-refractivity contribution in [3.05, 3.63) is 35.4 Å². The van der Waals surface area contributed by atoms with E-state index in [0.29, 0.717) is 6.42 Å². The van der Waals surface area contributed by atoms with E-state index >= 15 is 0 Å². The second kappa shape index (κ2) is 9.60. The number of carboxylic acids is 1. The van der Waals surface area contributed by atoms with Crippen LogP contribution in [0.5, 0.6) is 0 Å². The summed E-state index contributed by atoms with van der Waals surface area (Å²) in [5, 5.41) is 8.76. The summed E-state index contributed by atoms with van der Waals surface area (Å²) < 4.78 is 0. The van der Waals surface area contributed by atoms with Gasteiger partial charge in [0.05, 0.1) is 0 Å². The van der Waals surface area contributed by atoms with Crippen LogP contribution in [0.1, 0.15) is 63.0 Å². The molecule has 0 aliphatic rings. The van der Waals surface area contributed by atoms with Gasteiger partial charge in [-0.25, -0.2) is 0 Å². The minimum absolute atomic E-state index is 0.230. The SMILES string of the molecule is CCCCCCCCc1ccccc1CCC(=O)O. The molecule has 0 radical (unpaired) electrons. The Kier molecular flexibility index (Phi) is 7.95. The molecule has 1 aromatic carbocycles. The van der Waals surface area contributed by atoms with Gasteiger partial charge >= 0.3 is 5.97 Å². The molecule has 0 spiro atoms. The lowest BCUT2D eigenvalue weighted by Crippen LogP contribution is -2.00. The first-order valence-corrected chi connectivity index (χ1v) is 7.52. The fraction of sp³-hybridized carbons (Fsp3) is 0.588. The maximum absolute atomic E-state index is 10.6. The molecule has 2 nitrogen and oxygen atoms in total. The van der Waals surface area contributed by atoms with E-state index in [1.807, 2.05) is 6.07 Å². The second-order valence-corrected chi connectivity index (χ2v) is 5.18. The molecule has 1 aromatic rings. The summed E-state index contributed by atoms with van der Waals surface area (Å²) >= 11 is 0. The van der Waals surface area contributed by atoms with Gasteiger partial charge in [-0.1, -0.05) is 63.3 Å². The predicted octanol–water partition coefficient (Wildman–Crippen LogP) is 4.61. The van der Waals surface area contributed by atoms with E-state index in [1.165, 1.54) is 49.7 Å². The van der Waals surface area contributed by atoms with E-state index in [1.54, 1.807) is 0 Å². The standard InChI is InChI=1S/C17H26O2/c1-2-3-4-5-6-7-10-15-11-8-9-12-16(15)13-14-17(18)19/h8-9,11-12H,2-7,10,13-14H2,1H3,(H,18,19). The second-order valence-electron chi connectivity index (χ2n) is 5.18. The number of unbranched alkanes of at least 4 members (excludes halogenated alkanes) is 5. The average Bonchev–Trinajstić information content (AvgIpc) is 2.41. The molecule has 0 atom stereocenters. The Morgan fingerprint density at radius 2 is 1.53 bits per heavy atom. The molecule has 0 aliphatic heterocycles. The van der Waals surface area contributed by atoms with Crippen molar-refractivity contribution in [2.45, 2.75) is 64.7 Å². The van der Waals surface area contributed by atoms with Crippen molar-refractivity contribution >= 4 is 5.97 Å². The Morgan fingerprint density at radius 1 is 0.947 bits per heavy atom. The number of carbonyl (C=O) groups is 1. The minimum Gasteiger partial charge on any atom is -0.481 e. The van der Waals surface area contributed by atoms with Crippen LogP contribution in [-0.2, 0) is 17.6 Å². The largest absolute Gasteiger partial charge is 0.481 e. The smallest absolute Gasteiger partial charge is 0.303 e. The quantitative estimate of drug-likeness (QED) is 0.625. The molecular formula is C17H26O2. The lowest BCUT2D eigenvalue weighted by molar-refractivity contribution is -0.136. The van der Waals surface area contributed by atoms with Crippen LogP contribution < -0.4 is 0 Å². The summed E-state index contributed by atoms with van der Waals surface area (Å²) in [6.07, 6.45) is 9.77. The Bertz CT molecular complexity index is 371. The Hall–Kier alpha value is -1.31. The first kappa shape index (κ1) is 15.7. The van der Waals surface area contributed by atoms with E-state index in [-0.39, 0.29) is 6.42 Å². The molecule has 0 amide bonds. The fourth-order valence-corrected chi connectivity index (χ4v) is 2.38. The monoisotopic (exact) mass is 262 g/mol. The number of hydrogen-bond donors (Lipinski definition) is 1. The Morgan fingerprint density at radius 3 is 2.16 bits per heavy atom. The van der Waals surface area contributed by atoms with Crippen molar-refractivity contribution in [2.24, 2.45) is 0 Å². The summed E-state index contributed by atoms with van der Waals surface area (Å²) in [6.45, 7) is 2.23. The Labute approximate surface area is 116 Å². The predicted molar refractivity (Wildman–Crippen MR) is 79.5 cm³/mol. The minimum atomic E-state index is -0.714. The maximum Gasteiger partial charge on any atom is 0.303 e. The highest BCUT2D eigenvalue weighted by Crippen LogP contribution is 2.15. The van der Waals surface area contributed by atoms with Crippen molar-refractivity contribution in [3.63, 3.8) is 0 Å². The normalized spacial score (nSPS) is 10.6. The number of aryl methyl sites for hydroxylation is 2. The van der Waals surface area contributed by atoms with Gasteiger partial charge in [-0.15, -0.1) is 0 Å². The van der Waals surface area contributed by atoms with Crippen LogP contribution in [0.25, 0.3) is 0 Å². The summed E-state index contributed by atoms with van der Waals surface area (Å²) in [7, 11) is 0. The average molecular weight is 262 g/mol. The molecule has 0 aliphatic carbocycles. The summed E-state index contributed by atoms with van der Waals surface area (Å²) in [6, 6.07) is 8.26. The number of rotatable bonds is 10. The zero-order valence-electron chi connectivity index (χ0n) is 12.0. The lowest BCUT2D eigenvalue weighted by atomic mass is 9.97. The van der Waals surface area contributed by atoms with Gasteiger partial charge in [0.2, 0.25) is 0 Å². The molecule has 0 aromatic heterocycles. The molecule has 0 saturated carbocycles. The van der Waals surface area contributed by atoms with Crippen LogP contribution in [0, 0.1) is 0 Å². The molecule has 0 unspecified atom stereocenters. The molecule has 106 valence electrons. The van der Waals surface area contributed by atoms with E-state index < -0.39 is 5.97 Å². The molecule has 0 bridgehead atoms. The van der Waals surface area contributed by atoms with Crippen molar-refractivity contribution in [3.8, 4) is 0 Å². The maximum atomic E-state index is 10.6. The van der Waals surface area contributed by atoms with Gasteiger partial charge in [-0.2, -0.15) is 0 Å². The highest BCUT2D eigenvalue weighted by Gasteiger charge is 2.04. The number of benzene rings is 1. The zero-order chi connectivity index (χ0) is 13.9. The van der Waals surface area contributed by atoms with Gasteiger partial charge in [-0.3, -0.25) is 4.79 Å². The molecular weight excluding hydrogens is 236 g/mol. The van der Waals surface area contributed by atoms with Crippen LogP contribution in [-0.4, -0.2) is 11.1 Å². The molecule has 0 heterocycles. The van der Waals surface area contributed by atoms with Crippen LogP contribution in [0.2, 0.25) is 0 Å². The molecule has 19 heavy (non-hydrogen) atoms. The van der Waals surface area contributed by atoms with Gasteiger partial charge in [0.1, 0.15) is 0 Å². The van der Waals surface area contributed by atoms with Gasteiger partial charge < -0.3 is 5.11 Å². The zero-order valence-corrected chi connectivity index (χ0v) is 12.0. The van der Waals surface area contributed by atoms with Crippen molar-refractivity contribution in [1.82, 2.24) is 0 Å². The number of carboxylic acid groups (broad SMARTS) is 1. The molecule has 1 rings (SSSR count). The van der Waals surface area contributed by atoms with Crippen LogP contribution in [0.4, 0.5) is 0 Å². The molecule has 2 heteroatoms. The first-order chi connectivity index (χ1) is 9.24. The molecule has 1 N–H and O–H groups in total. The summed E-state index contributed by atoms with van der Waals surface area (Å²) in [4.78, 5) is 10.6. The van der Waals surface area contributed by atoms with Crippen molar-refractivity contribution in [1.29, 1.82) is 0 Å². The van der Waals surface area contributed by atoms with Gasteiger partial charge in [0, 0.05) is 6.42 Å². The number of aliphatic carboxylic acids is 1. The first-order valence-electron chi connectivity index (χ1n) is 7.52. The van der Waals surface area contributed by atoms with E-state index in [4.69, 9.17) is 5.11 Å². The third-order valence-electron chi connectivity index (χ3n) is 3.53. The van der Waals surface area contributed by atoms with Gasteiger partial charge in [-0.05, 0) is 30.4 Å². The topological polar surface area (TPSA) is 37.3 Å². The third kappa shape index (κ3) is 7.00. The summed E-state index contributed by atoms with van der Waals surface area (Å²) in [5.41, 5.74) is 2.54. The highest BCUT2D eigenvalue weighted by molar-refractivity contribution is 5.67. The highest BCUT2D eigenvalue weighted by atomic mass is 16.4. The van der Waals surface area contributed by atoms with Gasteiger partial charge in [0.25, 0.3) is 0 Å². The third-order valence-corrected chi connectivity index (χ3v) is 3.53. The van der Waals surface area contributed by atoms with Crippen molar-refractivity contribution in [2.75, 3.05) is 0 Å². The number of hydrogen-bond acceptors (Lipinski definition) is 1. The molecule has 0 saturated heterocycles. The van der Waals surface area contributed by atoms with Crippen LogP contribution in [0.15, 0.2) is 24.3 Å². The van der Waals surface area contributed by atoms with Gasteiger partial charge in [0.15, 0.2) is 0 Å². The lowest BCUT2D eigenvalue weighted by Gasteiger charge is -2.08.